The van der Waals surface area contributed by atoms with Crippen LogP contribution in [-0.4, -0.2) is 34.7 Å². The van der Waals surface area contributed by atoms with Gasteiger partial charge >= 0.3 is 0 Å². The SMILES string of the molecule is Cc1ccc(OI)cc1[C@@]12CCCC[C@@]1(O)[C@@H](C)N(CC1CCC1)CC2. The predicted octanol–water partition coefficient (Wildman–Crippen LogP) is 5.16. The average Bonchev–Trinajstić information content (AvgIpc) is 2.61. The number of aliphatic hydroxyl groups is 1. The van der Waals surface area contributed by atoms with Gasteiger partial charge in [0.15, 0.2) is 23.0 Å². The van der Waals surface area contributed by atoms with Crippen molar-refractivity contribution in [3.8, 4) is 5.75 Å². The number of benzene rings is 1. The van der Waals surface area contributed by atoms with Gasteiger partial charge in [-0.15, -0.1) is 0 Å². The van der Waals surface area contributed by atoms with Crippen LogP contribution in [0.2, 0.25) is 0 Å². The van der Waals surface area contributed by atoms with Gasteiger partial charge in [0.1, 0.15) is 5.75 Å². The van der Waals surface area contributed by atoms with E-state index in [1.807, 2.05) is 29.1 Å². The Morgan fingerprint density at radius 2 is 1.96 bits per heavy atom. The lowest BCUT2D eigenvalue weighted by molar-refractivity contribution is -0.157. The van der Waals surface area contributed by atoms with Crippen molar-refractivity contribution in [1.29, 1.82) is 0 Å². The molecule has 1 aromatic rings. The van der Waals surface area contributed by atoms with Crippen LogP contribution in [0.15, 0.2) is 18.2 Å². The summed E-state index contributed by atoms with van der Waals surface area (Å²) in [5.74, 6) is 1.76. The van der Waals surface area contributed by atoms with Crippen LogP contribution in [0.5, 0.6) is 5.75 Å². The Balaban J connectivity index is 1.71. The molecule has 4 rings (SSSR count). The van der Waals surface area contributed by atoms with Gasteiger partial charge in [-0.05, 0) is 81.7 Å². The minimum absolute atomic E-state index is 0.129. The van der Waals surface area contributed by atoms with Gasteiger partial charge in [0, 0.05) is 18.0 Å². The fourth-order valence-electron chi connectivity index (χ4n) is 5.98. The van der Waals surface area contributed by atoms with E-state index >= 15 is 0 Å². The van der Waals surface area contributed by atoms with Crippen LogP contribution >= 0.6 is 23.0 Å². The van der Waals surface area contributed by atoms with Gasteiger partial charge in [0.05, 0.1) is 5.60 Å². The first kappa shape index (κ1) is 19.0. The largest absolute Gasteiger partial charge is 0.428 e. The predicted molar refractivity (Wildman–Crippen MR) is 114 cm³/mol. The van der Waals surface area contributed by atoms with Crippen molar-refractivity contribution in [1.82, 2.24) is 4.90 Å². The van der Waals surface area contributed by atoms with E-state index in [2.05, 4.69) is 30.9 Å². The third-order valence-corrected chi connectivity index (χ3v) is 8.34. The van der Waals surface area contributed by atoms with Gasteiger partial charge in [-0.25, -0.2) is 0 Å². The average molecular weight is 469 g/mol. The molecular formula is C22H32INO2. The third kappa shape index (κ3) is 2.91. The van der Waals surface area contributed by atoms with Crippen LogP contribution < -0.4 is 3.07 Å². The molecule has 2 aliphatic carbocycles. The molecule has 0 amide bonds. The minimum Gasteiger partial charge on any atom is -0.428 e. The van der Waals surface area contributed by atoms with Gasteiger partial charge in [0.25, 0.3) is 0 Å². The second kappa shape index (κ2) is 7.25. The van der Waals surface area contributed by atoms with Crippen LogP contribution in [-0.2, 0) is 5.41 Å². The summed E-state index contributed by atoms with van der Waals surface area (Å²) in [6.45, 7) is 6.76. The zero-order valence-corrected chi connectivity index (χ0v) is 18.3. The molecule has 1 aromatic carbocycles. The Kier molecular flexibility index (Phi) is 5.30. The molecule has 2 saturated carbocycles. The summed E-state index contributed by atoms with van der Waals surface area (Å²) in [5, 5.41) is 12.1. The topological polar surface area (TPSA) is 32.7 Å². The molecule has 1 N–H and O–H groups in total. The molecule has 1 aliphatic heterocycles. The maximum absolute atomic E-state index is 12.1. The second-order valence-corrected chi connectivity index (χ2v) is 9.43. The number of piperidine rings is 1. The van der Waals surface area contributed by atoms with E-state index in [4.69, 9.17) is 3.07 Å². The van der Waals surface area contributed by atoms with Gasteiger partial charge in [0.2, 0.25) is 0 Å². The Morgan fingerprint density at radius 1 is 1.19 bits per heavy atom. The fourth-order valence-corrected chi connectivity index (χ4v) is 6.25. The fraction of sp³-hybridized carbons (Fsp3) is 0.727. The Labute approximate surface area is 172 Å². The van der Waals surface area contributed by atoms with Gasteiger partial charge < -0.3 is 8.17 Å². The van der Waals surface area contributed by atoms with E-state index in [1.54, 1.807) is 0 Å². The van der Waals surface area contributed by atoms with E-state index in [-0.39, 0.29) is 11.5 Å². The van der Waals surface area contributed by atoms with E-state index in [0.717, 1.165) is 43.9 Å². The molecule has 3 atom stereocenters. The minimum atomic E-state index is -0.637. The van der Waals surface area contributed by atoms with E-state index in [9.17, 15) is 5.11 Å². The van der Waals surface area contributed by atoms with Crippen molar-refractivity contribution in [3.05, 3.63) is 29.3 Å². The Hall–Kier alpha value is -0.330. The highest BCUT2D eigenvalue weighted by Crippen LogP contribution is 2.55. The van der Waals surface area contributed by atoms with Crippen molar-refractivity contribution in [2.45, 2.75) is 82.3 Å². The van der Waals surface area contributed by atoms with Crippen LogP contribution in [0.1, 0.15) is 69.4 Å². The summed E-state index contributed by atoms with van der Waals surface area (Å²) in [6, 6.07) is 6.63. The molecule has 26 heavy (non-hydrogen) atoms. The van der Waals surface area contributed by atoms with E-state index in [1.165, 1.54) is 43.4 Å². The summed E-state index contributed by atoms with van der Waals surface area (Å²) in [6.07, 6.45) is 9.58. The standard InChI is InChI=1S/C22H32INO2/c1-16-8-9-19(26-23)14-20(16)21-10-3-4-11-22(21,25)17(2)24(13-12-21)15-18-6-5-7-18/h8-9,14,17-18,25H,3-7,10-13,15H2,1-2H3/t17-,21+,22-/m1/s1. The molecule has 4 heteroatoms. The number of fused-ring (bicyclic) bond motifs is 1. The second-order valence-electron chi connectivity index (χ2n) is 8.99. The molecule has 144 valence electrons. The molecule has 3 aliphatic rings. The molecule has 3 nitrogen and oxygen atoms in total. The first-order valence-corrected chi connectivity index (χ1v) is 11.2. The van der Waals surface area contributed by atoms with Crippen molar-refractivity contribution < 1.29 is 8.17 Å². The molecule has 1 saturated heterocycles. The summed E-state index contributed by atoms with van der Waals surface area (Å²) in [4.78, 5) is 2.60. The number of halogens is 1. The van der Waals surface area contributed by atoms with Crippen molar-refractivity contribution in [2.24, 2.45) is 5.92 Å². The molecule has 3 fully saturated rings. The summed E-state index contributed by atoms with van der Waals surface area (Å²) < 4.78 is 5.51. The number of hydrogen-bond acceptors (Lipinski definition) is 3. The quantitative estimate of drug-likeness (QED) is 0.619. The zero-order valence-electron chi connectivity index (χ0n) is 16.1. The number of nitrogens with zero attached hydrogens (tertiary/aromatic N) is 1. The lowest BCUT2D eigenvalue weighted by Gasteiger charge is -2.61. The zero-order chi connectivity index (χ0) is 18.4. The highest BCUT2D eigenvalue weighted by Gasteiger charge is 2.59. The summed E-state index contributed by atoms with van der Waals surface area (Å²) in [5.41, 5.74) is 1.85. The Morgan fingerprint density at radius 3 is 2.65 bits per heavy atom. The first-order chi connectivity index (χ1) is 12.5. The first-order valence-electron chi connectivity index (χ1n) is 10.4. The molecule has 0 aromatic heterocycles. The van der Waals surface area contributed by atoms with Crippen LogP contribution in [0.3, 0.4) is 0 Å². The monoisotopic (exact) mass is 469 g/mol. The molecule has 1 heterocycles. The molecule has 0 spiro atoms. The molecule has 0 bridgehead atoms. The van der Waals surface area contributed by atoms with E-state index < -0.39 is 5.60 Å². The van der Waals surface area contributed by atoms with Crippen molar-refractivity contribution in [2.75, 3.05) is 13.1 Å². The summed E-state index contributed by atoms with van der Waals surface area (Å²) >= 11 is 1.96. The van der Waals surface area contributed by atoms with Crippen molar-refractivity contribution in [3.63, 3.8) is 0 Å². The van der Waals surface area contributed by atoms with Crippen molar-refractivity contribution >= 4 is 23.0 Å². The van der Waals surface area contributed by atoms with Gasteiger partial charge in [-0.1, -0.05) is 25.3 Å². The van der Waals surface area contributed by atoms with E-state index in [0.29, 0.717) is 0 Å². The third-order valence-electron chi connectivity index (χ3n) is 7.84. The smallest absolute Gasteiger partial charge is 0.192 e. The van der Waals surface area contributed by atoms with Crippen LogP contribution in [0.25, 0.3) is 0 Å². The maximum Gasteiger partial charge on any atom is 0.192 e. The summed E-state index contributed by atoms with van der Waals surface area (Å²) in [7, 11) is 0. The maximum atomic E-state index is 12.1. The lowest BCUT2D eigenvalue weighted by atomic mass is 9.53. The number of likely N-dealkylation sites (tertiary alicyclic amines) is 1. The van der Waals surface area contributed by atoms with Crippen LogP contribution in [0.4, 0.5) is 0 Å². The number of rotatable bonds is 4. The molecule has 0 unspecified atom stereocenters. The highest BCUT2D eigenvalue weighted by atomic mass is 127. The lowest BCUT2D eigenvalue weighted by Crippen LogP contribution is -2.69. The highest BCUT2D eigenvalue weighted by molar-refractivity contribution is 14.1. The van der Waals surface area contributed by atoms with Gasteiger partial charge in [-0.3, -0.25) is 4.90 Å². The van der Waals surface area contributed by atoms with Crippen LogP contribution in [0, 0.1) is 12.8 Å². The number of hydrogen-bond donors (Lipinski definition) is 1. The molecular weight excluding hydrogens is 437 g/mol. The van der Waals surface area contributed by atoms with Gasteiger partial charge in [-0.2, -0.15) is 0 Å². The normalized spacial score (nSPS) is 35.6. The number of aryl methyl sites for hydroxylation is 1. The Bertz CT molecular complexity index is 662. The molecule has 0 radical (unpaired) electrons.